The largest absolute Gasteiger partial charge is 0.454 e. The number of carbonyl (C=O) groups is 4. The number of aryl methyl sites for hydroxylation is 2. The van der Waals surface area contributed by atoms with Gasteiger partial charge in [0.1, 0.15) is 6.04 Å². The molecule has 0 aromatic heterocycles. The summed E-state index contributed by atoms with van der Waals surface area (Å²) in [6.45, 7) is 6.85. The van der Waals surface area contributed by atoms with Gasteiger partial charge in [0.2, 0.25) is 0 Å². The highest BCUT2D eigenvalue weighted by molar-refractivity contribution is 6.55. The highest BCUT2D eigenvalue weighted by atomic mass is 35.5. The second-order valence-corrected chi connectivity index (χ2v) is 10.1. The van der Waals surface area contributed by atoms with E-state index in [9.17, 15) is 19.2 Å². The van der Waals surface area contributed by atoms with Crippen LogP contribution in [-0.2, 0) is 14.3 Å². The van der Waals surface area contributed by atoms with Crippen LogP contribution in [0.3, 0.4) is 0 Å². The van der Waals surface area contributed by atoms with Gasteiger partial charge in [-0.05, 0) is 49.4 Å². The molecule has 3 amide bonds. The number of carbonyl (C=O) groups excluding carboxylic acids is 4. The molecule has 0 fully saturated rings. The zero-order valence-electron chi connectivity index (χ0n) is 19.3. The van der Waals surface area contributed by atoms with Crippen LogP contribution in [0.2, 0.25) is 20.1 Å². The lowest BCUT2D eigenvalue weighted by Gasteiger charge is -2.26. The Morgan fingerprint density at radius 2 is 1.46 bits per heavy atom. The van der Waals surface area contributed by atoms with E-state index in [4.69, 9.17) is 51.1 Å². The summed E-state index contributed by atoms with van der Waals surface area (Å²) in [5.41, 5.74) is 2.14. The highest BCUT2D eigenvalue weighted by Gasteiger charge is 2.47. The Hall–Kier alpha value is -2.32. The molecule has 0 unspecified atom stereocenters. The molecule has 7 nitrogen and oxygen atoms in total. The number of ether oxygens (including phenoxy) is 1. The number of anilines is 1. The summed E-state index contributed by atoms with van der Waals surface area (Å²) in [7, 11) is 0. The number of fused-ring (bicyclic) bond motifs is 1. The molecule has 0 radical (unpaired) electrons. The van der Waals surface area contributed by atoms with Crippen LogP contribution in [-0.4, -0.2) is 41.2 Å². The Balaban J connectivity index is 1.81. The van der Waals surface area contributed by atoms with Crippen molar-refractivity contribution in [1.29, 1.82) is 0 Å². The van der Waals surface area contributed by atoms with Gasteiger partial charge in [-0.15, -0.1) is 0 Å². The van der Waals surface area contributed by atoms with Crippen LogP contribution >= 0.6 is 46.4 Å². The first-order valence-electron chi connectivity index (χ1n) is 10.6. The number of halogens is 4. The maximum atomic E-state index is 13.2. The van der Waals surface area contributed by atoms with Gasteiger partial charge in [0, 0.05) is 5.69 Å². The Morgan fingerprint density at radius 3 is 1.94 bits per heavy atom. The van der Waals surface area contributed by atoms with Crippen molar-refractivity contribution in [3.63, 3.8) is 0 Å². The fourth-order valence-electron chi connectivity index (χ4n) is 3.65. The maximum absolute atomic E-state index is 13.2. The van der Waals surface area contributed by atoms with E-state index in [2.05, 4.69) is 5.32 Å². The predicted octanol–water partition coefficient (Wildman–Crippen LogP) is 6.11. The Labute approximate surface area is 222 Å². The quantitative estimate of drug-likeness (QED) is 0.191. The Morgan fingerprint density at radius 1 is 0.914 bits per heavy atom. The molecule has 2 aromatic carbocycles. The van der Waals surface area contributed by atoms with Gasteiger partial charge in [-0.2, -0.15) is 0 Å². The van der Waals surface area contributed by atoms with Gasteiger partial charge in [-0.3, -0.25) is 19.3 Å². The normalized spacial score (nSPS) is 13.8. The third-order valence-corrected chi connectivity index (χ3v) is 7.35. The summed E-state index contributed by atoms with van der Waals surface area (Å²) in [4.78, 5) is 52.5. The van der Waals surface area contributed by atoms with Gasteiger partial charge in [0.15, 0.2) is 6.61 Å². The van der Waals surface area contributed by atoms with Crippen molar-refractivity contribution >= 4 is 75.8 Å². The van der Waals surface area contributed by atoms with Crippen LogP contribution in [0.5, 0.6) is 0 Å². The van der Waals surface area contributed by atoms with Crippen LogP contribution in [0.1, 0.15) is 52.1 Å². The first-order chi connectivity index (χ1) is 16.3. The third kappa shape index (κ3) is 5.43. The summed E-state index contributed by atoms with van der Waals surface area (Å²) in [6.07, 6.45) is 0.0831. The van der Waals surface area contributed by atoms with Crippen molar-refractivity contribution in [3.8, 4) is 0 Å². The fraction of sp³-hybridized carbons (Fsp3) is 0.333. The molecule has 0 spiro atoms. The second-order valence-electron chi connectivity index (χ2n) is 8.59. The Bertz CT molecular complexity index is 1200. The van der Waals surface area contributed by atoms with Gasteiger partial charge in [0.25, 0.3) is 17.7 Å². The van der Waals surface area contributed by atoms with Gasteiger partial charge < -0.3 is 10.1 Å². The van der Waals surface area contributed by atoms with Gasteiger partial charge in [-0.25, -0.2) is 4.79 Å². The van der Waals surface area contributed by atoms with Crippen LogP contribution in [0, 0.1) is 19.8 Å². The molecule has 3 rings (SSSR count). The van der Waals surface area contributed by atoms with Crippen molar-refractivity contribution in [2.24, 2.45) is 5.92 Å². The number of hydrogen-bond donors (Lipinski definition) is 1. The molecule has 0 saturated carbocycles. The van der Waals surface area contributed by atoms with E-state index < -0.39 is 36.3 Å². The standard InChI is InChI=1S/C24H22Cl4N2O5/c1-10(2)7-14(24(34)35-9-15(31)29-13-6-5-11(3)12(4)8-13)30-22(32)16-17(23(30)33)19(26)21(28)20(27)18(16)25/h5-6,8,10,14H,7,9H2,1-4H3,(H,29,31)/t14-/m1/s1. The molecule has 1 N–H and O–H groups in total. The number of benzene rings is 2. The summed E-state index contributed by atoms with van der Waals surface area (Å²) >= 11 is 24.5. The molecule has 0 bridgehead atoms. The molecule has 35 heavy (non-hydrogen) atoms. The van der Waals surface area contributed by atoms with Gasteiger partial charge >= 0.3 is 5.97 Å². The molecule has 2 aromatic rings. The van der Waals surface area contributed by atoms with Crippen molar-refractivity contribution in [3.05, 3.63) is 60.5 Å². The minimum absolute atomic E-state index is 0.0831. The van der Waals surface area contributed by atoms with E-state index in [0.29, 0.717) is 5.69 Å². The minimum atomic E-state index is -1.32. The van der Waals surface area contributed by atoms with Gasteiger partial charge in [-0.1, -0.05) is 66.3 Å². The second kappa shape index (κ2) is 10.7. The summed E-state index contributed by atoms with van der Waals surface area (Å²) in [5, 5.41) is 1.83. The molecule has 1 atom stereocenters. The molecule has 0 aliphatic carbocycles. The number of hydrogen-bond acceptors (Lipinski definition) is 5. The molecular weight excluding hydrogens is 538 g/mol. The minimum Gasteiger partial charge on any atom is -0.454 e. The predicted molar refractivity (Wildman–Crippen MR) is 136 cm³/mol. The fourth-order valence-corrected chi connectivity index (χ4v) is 4.67. The van der Waals surface area contributed by atoms with Crippen molar-refractivity contribution in [2.75, 3.05) is 11.9 Å². The van der Waals surface area contributed by atoms with Crippen LogP contribution in [0.25, 0.3) is 0 Å². The van der Waals surface area contributed by atoms with Crippen molar-refractivity contribution in [1.82, 2.24) is 4.90 Å². The van der Waals surface area contributed by atoms with E-state index in [1.54, 1.807) is 26.0 Å². The van der Waals surface area contributed by atoms with E-state index in [1.165, 1.54) is 0 Å². The average Bonchev–Trinajstić information content (AvgIpc) is 3.05. The third-order valence-electron chi connectivity index (χ3n) is 5.55. The topological polar surface area (TPSA) is 92.8 Å². The van der Waals surface area contributed by atoms with E-state index >= 15 is 0 Å². The molecule has 1 aliphatic heterocycles. The number of imide groups is 1. The molecule has 186 valence electrons. The maximum Gasteiger partial charge on any atom is 0.329 e. The monoisotopic (exact) mass is 558 g/mol. The van der Waals surface area contributed by atoms with Crippen molar-refractivity contribution in [2.45, 2.75) is 40.2 Å². The summed E-state index contributed by atoms with van der Waals surface area (Å²) in [5.74, 6) is -3.31. The van der Waals surface area contributed by atoms with E-state index in [1.807, 2.05) is 19.9 Å². The summed E-state index contributed by atoms with van der Waals surface area (Å²) in [6, 6.07) is 4.05. The number of rotatable bonds is 7. The first kappa shape index (κ1) is 27.3. The first-order valence-corrected chi connectivity index (χ1v) is 12.1. The zero-order chi connectivity index (χ0) is 26.2. The number of amides is 3. The molecule has 1 heterocycles. The number of nitrogens with one attached hydrogen (secondary N) is 1. The SMILES string of the molecule is Cc1ccc(NC(=O)COC(=O)[C@@H](CC(C)C)N2C(=O)c3c(Cl)c(Cl)c(Cl)c(Cl)c3C2=O)cc1C. The lowest BCUT2D eigenvalue weighted by molar-refractivity contribution is -0.151. The zero-order valence-corrected chi connectivity index (χ0v) is 22.3. The smallest absolute Gasteiger partial charge is 0.329 e. The Kier molecular flexibility index (Phi) is 8.37. The highest BCUT2D eigenvalue weighted by Crippen LogP contribution is 2.45. The lowest BCUT2D eigenvalue weighted by Crippen LogP contribution is -2.47. The van der Waals surface area contributed by atoms with E-state index in [0.717, 1.165) is 16.0 Å². The lowest BCUT2D eigenvalue weighted by atomic mass is 10.0. The van der Waals surface area contributed by atoms with Crippen LogP contribution in [0.4, 0.5) is 5.69 Å². The average molecular weight is 560 g/mol. The molecular formula is C24H22Cl4N2O5. The van der Waals surface area contributed by atoms with Gasteiger partial charge in [0.05, 0.1) is 31.2 Å². The molecule has 1 aliphatic rings. The van der Waals surface area contributed by atoms with E-state index in [-0.39, 0.29) is 43.6 Å². The number of nitrogens with zero attached hydrogens (tertiary/aromatic N) is 1. The molecule has 0 saturated heterocycles. The van der Waals surface area contributed by atoms with Crippen LogP contribution in [0.15, 0.2) is 18.2 Å². The summed E-state index contributed by atoms with van der Waals surface area (Å²) < 4.78 is 5.19. The van der Waals surface area contributed by atoms with Crippen LogP contribution < -0.4 is 5.32 Å². The molecule has 11 heteroatoms. The van der Waals surface area contributed by atoms with Crippen molar-refractivity contribution < 1.29 is 23.9 Å². The number of esters is 1.